The number of carbonyl (C=O) groups is 5. The topological polar surface area (TPSA) is 150 Å². The van der Waals surface area contributed by atoms with Gasteiger partial charge >= 0.3 is 12.1 Å². The van der Waals surface area contributed by atoms with Crippen molar-refractivity contribution in [2.75, 3.05) is 60.0 Å². The quantitative estimate of drug-likeness (QED) is 0.139. The first kappa shape index (κ1) is 31.6. The average Bonchev–Trinajstić information content (AvgIpc) is 3.13. The van der Waals surface area contributed by atoms with Gasteiger partial charge in [-0.05, 0) is 25.5 Å². The minimum Gasteiger partial charge on any atom is -0.463 e. The van der Waals surface area contributed by atoms with Crippen LogP contribution >= 0.6 is 11.8 Å². The molecule has 2 atom stereocenters. The molecule has 1 fully saturated rings. The standard InChI is InChI=1S/C23H39N3O9S/c1-32-12-14-34-20(28)9-6-4-5-8-17(25-23(31)35-15-13-33-2)21(29)24-10-7-11-26-19(27)16-18(36-3)22(26)30/h17-18H,4-16H2,1-3H3,(H,24,29)(H,25,31). The molecule has 12 nitrogen and oxygen atoms in total. The van der Waals surface area contributed by atoms with Gasteiger partial charge in [0.05, 0.1) is 18.5 Å². The summed E-state index contributed by atoms with van der Waals surface area (Å²) in [7, 11) is 3.01. The van der Waals surface area contributed by atoms with Crippen molar-refractivity contribution in [2.45, 2.75) is 56.2 Å². The van der Waals surface area contributed by atoms with Gasteiger partial charge in [0, 0.05) is 40.2 Å². The second-order valence-corrected chi connectivity index (χ2v) is 9.14. The van der Waals surface area contributed by atoms with Crippen molar-refractivity contribution >= 4 is 41.5 Å². The van der Waals surface area contributed by atoms with Gasteiger partial charge in [-0.15, -0.1) is 0 Å². The molecule has 36 heavy (non-hydrogen) atoms. The van der Waals surface area contributed by atoms with Gasteiger partial charge in [0.2, 0.25) is 17.7 Å². The van der Waals surface area contributed by atoms with Crippen LogP contribution < -0.4 is 10.6 Å². The molecule has 1 heterocycles. The number of unbranched alkanes of at least 4 members (excludes halogenated alkanes) is 2. The molecule has 206 valence electrons. The predicted molar refractivity (Wildman–Crippen MR) is 132 cm³/mol. The van der Waals surface area contributed by atoms with Gasteiger partial charge in [0.25, 0.3) is 0 Å². The fourth-order valence-corrected chi connectivity index (χ4v) is 4.06. The second-order valence-electron chi connectivity index (χ2n) is 8.09. The lowest BCUT2D eigenvalue weighted by atomic mass is 10.1. The predicted octanol–water partition coefficient (Wildman–Crippen LogP) is 0.865. The highest BCUT2D eigenvalue weighted by Gasteiger charge is 2.37. The van der Waals surface area contributed by atoms with Crippen LogP contribution in [0.1, 0.15) is 44.9 Å². The molecular formula is C23H39N3O9S. The Labute approximate surface area is 216 Å². The SMILES string of the molecule is COCCOC(=O)CCCCCC(NC(=O)OCCOC)C(=O)NCCCN1C(=O)CC(SC)C1=O. The maximum Gasteiger partial charge on any atom is 0.407 e. The van der Waals surface area contributed by atoms with E-state index in [-0.39, 0.29) is 68.8 Å². The third-order valence-corrected chi connectivity index (χ3v) is 6.34. The van der Waals surface area contributed by atoms with Crippen LogP contribution in [0.3, 0.4) is 0 Å². The zero-order chi connectivity index (χ0) is 26.8. The Morgan fingerprint density at radius 3 is 2.33 bits per heavy atom. The highest BCUT2D eigenvalue weighted by Crippen LogP contribution is 2.22. The molecule has 2 N–H and O–H groups in total. The van der Waals surface area contributed by atoms with Crippen LogP contribution in [0.2, 0.25) is 0 Å². The zero-order valence-electron chi connectivity index (χ0n) is 21.4. The van der Waals surface area contributed by atoms with E-state index in [1.165, 1.54) is 30.9 Å². The van der Waals surface area contributed by atoms with Gasteiger partial charge in [0.1, 0.15) is 19.3 Å². The molecule has 0 aliphatic carbocycles. The molecule has 1 aliphatic heterocycles. The largest absolute Gasteiger partial charge is 0.463 e. The number of imide groups is 1. The number of amides is 4. The van der Waals surface area contributed by atoms with E-state index in [2.05, 4.69) is 10.6 Å². The Balaban J connectivity index is 2.44. The molecule has 0 aromatic carbocycles. The van der Waals surface area contributed by atoms with Gasteiger partial charge in [-0.2, -0.15) is 11.8 Å². The molecule has 0 radical (unpaired) electrons. The fraction of sp³-hybridized carbons (Fsp3) is 0.783. The number of thioether (sulfide) groups is 1. The summed E-state index contributed by atoms with van der Waals surface area (Å²) in [5, 5.41) is 4.98. The number of ether oxygens (including phenoxy) is 4. The van der Waals surface area contributed by atoms with Crippen LogP contribution in [0, 0.1) is 0 Å². The minimum absolute atomic E-state index is 0.0524. The molecule has 0 aromatic heterocycles. The Morgan fingerprint density at radius 1 is 1.00 bits per heavy atom. The maximum absolute atomic E-state index is 12.7. The van der Waals surface area contributed by atoms with E-state index in [1.807, 2.05) is 0 Å². The molecule has 0 saturated carbocycles. The highest BCUT2D eigenvalue weighted by molar-refractivity contribution is 8.00. The molecular weight excluding hydrogens is 494 g/mol. The molecule has 13 heteroatoms. The summed E-state index contributed by atoms with van der Waals surface area (Å²) in [6, 6.07) is -0.829. The summed E-state index contributed by atoms with van der Waals surface area (Å²) >= 11 is 1.35. The number of hydrogen-bond donors (Lipinski definition) is 2. The van der Waals surface area contributed by atoms with Crippen molar-refractivity contribution in [3.05, 3.63) is 0 Å². The van der Waals surface area contributed by atoms with E-state index in [9.17, 15) is 24.0 Å². The Kier molecular flexibility index (Phi) is 16.6. The van der Waals surface area contributed by atoms with Crippen molar-refractivity contribution in [1.82, 2.24) is 15.5 Å². The van der Waals surface area contributed by atoms with E-state index in [1.54, 1.807) is 6.26 Å². The van der Waals surface area contributed by atoms with Crippen LogP contribution in [-0.2, 0) is 38.1 Å². The van der Waals surface area contributed by atoms with E-state index in [0.29, 0.717) is 38.7 Å². The van der Waals surface area contributed by atoms with Gasteiger partial charge < -0.3 is 29.6 Å². The normalized spacial score (nSPS) is 16.1. The van der Waals surface area contributed by atoms with Crippen LogP contribution in [0.15, 0.2) is 0 Å². The van der Waals surface area contributed by atoms with Crippen molar-refractivity contribution in [3.63, 3.8) is 0 Å². The van der Waals surface area contributed by atoms with Crippen LogP contribution in [0.5, 0.6) is 0 Å². The Morgan fingerprint density at radius 2 is 1.69 bits per heavy atom. The molecule has 1 rings (SSSR count). The summed E-state index contributed by atoms with van der Waals surface area (Å²) in [6.45, 7) is 1.31. The van der Waals surface area contributed by atoms with Gasteiger partial charge in [0.15, 0.2) is 0 Å². The molecule has 1 aliphatic rings. The number of alkyl carbamates (subject to hydrolysis) is 1. The Hall–Kier alpha value is -2.38. The number of hydrogen-bond acceptors (Lipinski definition) is 10. The van der Waals surface area contributed by atoms with Crippen LogP contribution in [0.25, 0.3) is 0 Å². The van der Waals surface area contributed by atoms with Crippen molar-refractivity contribution in [1.29, 1.82) is 0 Å². The van der Waals surface area contributed by atoms with E-state index in [4.69, 9.17) is 18.9 Å². The number of nitrogens with zero attached hydrogens (tertiary/aromatic N) is 1. The van der Waals surface area contributed by atoms with Crippen molar-refractivity contribution < 1.29 is 42.9 Å². The summed E-state index contributed by atoms with van der Waals surface area (Å²) in [6.07, 6.45) is 4.13. The summed E-state index contributed by atoms with van der Waals surface area (Å²) in [5.74, 6) is -1.09. The zero-order valence-corrected chi connectivity index (χ0v) is 22.2. The monoisotopic (exact) mass is 533 g/mol. The van der Waals surface area contributed by atoms with Crippen molar-refractivity contribution in [2.24, 2.45) is 0 Å². The van der Waals surface area contributed by atoms with E-state index >= 15 is 0 Å². The fourth-order valence-electron chi connectivity index (χ4n) is 3.42. The number of carbonyl (C=O) groups excluding carboxylic acids is 5. The number of esters is 1. The first-order valence-corrected chi connectivity index (χ1v) is 13.3. The van der Waals surface area contributed by atoms with Crippen molar-refractivity contribution in [3.8, 4) is 0 Å². The number of likely N-dealkylation sites (tertiary alicyclic amines) is 1. The Bertz CT molecular complexity index is 723. The molecule has 0 aromatic rings. The summed E-state index contributed by atoms with van der Waals surface area (Å²) < 4.78 is 19.7. The van der Waals surface area contributed by atoms with Crippen LogP contribution in [-0.4, -0.2) is 106 Å². The molecule has 4 amide bonds. The first-order chi connectivity index (χ1) is 17.3. The lowest BCUT2D eigenvalue weighted by Gasteiger charge is -2.19. The van der Waals surface area contributed by atoms with Crippen LogP contribution in [0.4, 0.5) is 4.79 Å². The molecule has 1 saturated heterocycles. The summed E-state index contributed by atoms with van der Waals surface area (Å²) in [5.41, 5.74) is 0. The molecule has 0 spiro atoms. The van der Waals surface area contributed by atoms with E-state index < -0.39 is 18.0 Å². The third-order valence-electron chi connectivity index (χ3n) is 5.40. The first-order valence-electron chi connectivity index (χ1n) is 12.1. The lowest BCUT2D eigenvalue weighted by Crippen LogP contribution is -2.47. The molecule has 0 bridgehead atoms. The summed E-state index contributed by atoms with van der Waals surface area (Å²) in [4.78, 5) is 61.8. The maximum atomic E-state index is 12.7. The second kappa shape index (κ2) is 18.8. The van der Waals surface area contributed by atoms with E-state index in [0.717, 1.165) is 0 Å². The van der Waals surface area contributed by atoms with Gasteiger partial charge in [-0.1, -0.05) is 12.8 Å². The number of rotatable bonds is 19. The minimum atomic E-state index is -0.829. The van der Waals surface area contributed by atoms with Gasteiger partial charge in [-0.3, -0.25) is 24.1 Å². The smallest absolute Gasteiger partial charge is 0.407 e. The van der Waals surface area contributed by atoms with Gasteiger partial charge in [-0.25, -0.2) is 4.79 Å². The molecule has 2 unspecified atom stereocenters. The highest BCUT2D eigenvalue weighted by atomic mass is 32.2. The third kappa shape index (κ3) is 12.5. The lowest BCUT2D eigenvalue weighted by molar-refractivity contribution is -0.145. The number of nitrogens with one attached hydrogen (secondary N) is 2. The average molecular weight is 534 g/mol. The number of methoxy groups -OCH3 is 2.